The van der Waals surface area contributed by atoms with E-state index in [1.54, 1.807) is 31.3 Å². The van der Waals surface area contributed by atoms with Crippen LogP contribution in [0.2, 0.25) is 0 Å². The Balaban J connectivity index is 2.21. The first kappa shape index (κ1) is 12.3. The molecule has 0 aromatic carbocycles. The van der Waals surface area contributed by atoms with Gasteiger partial charge in [0.15, 0.2) is 0 Å². The van der Waals surface area contributed by atoms with Crippen LogP contribution < -0.4 is 0 Å². The first-order valence-corrected chi connectivity index (χ1v) is 7.31. The van der Waals surface area contributed by atoms with Crippen LogP contribution in [0.4, 0.5) is 0 Å². The molecule has 0 N–H and O–H groups in total. The lowest BCUT2D eigenvalue weighted by atomic mass is 10.4. The van der Waals surface area contributed by atoms with E-state index in [2.05, 4.69) is 0 Å². The van der Waals surface area contributed by atoms with Gasteiger partial charge in [0.25, 0.3) is 10.0 Å². The van der Waals surface area contributed by atoms with Crippen LogP contribution in [0.15, 0.2) is 39.2 Å². The van der Waals surface area contributed by atoms with Crippen molar-refractivity contribution in [3.8, 4) is 0 Å². The van der Waals surface area contributed by atoms with Gasteiger partial charge in [-0.15, -0.1) is 11.3 Å². The molecule has 2 aromatic heterocycles. The van der Waals surface area contributed by atoms with Crippen molar-refractivity contribution in [2.45, 2.75) is 17.7 Å². The number of hydrogen-bond donors (Lipinski definition) is 0. The Morgan fingerprint density at radius 1 is 1.35 bits per heavy atom. The predicted molar refractivity (Wildman–Crippen MR) is 66.4 cm³/mol. The third-order valence-electron chi connectivity index (χ3n) is 2.34. The summed E-state index contributed by atoms with van der Waals surface area (Å²) in [6.07, 6.45) is 1.53. The van der Waals surface area contributed by atoms with Crippen molar-refractivity contribution in [2.75, 3.05) is 7.05 Å². The molecule has 0 radical (unpaired) electrons. The average molecular weight is 271 g/mol. The van der Waals surface area contributed by atoms with E-state index < -0.39 is 10.0 Å². The van der Waals surface area contributed by atoms with Crippen molar-refractivity contribution in [1.82, 2.24) is 4.31 Å². The van der Waals surface area contributed by atoms with Crippen molar-refractivity contribution in [3.63, 3.8) is 0 Å². The molecule has 2 rings (SSSR count). The molecule has 0 bridgehead atoms. The quantitative estimate of drug-likeness (QED) is 0.858. The van der Waals surface area contributed by atoms with Gasteiger partial charge >= 0.3 is 0 Å². The molecule has 0 aliphatic carbocycles. The normalized spacial score (nSPS) is 12.2. The fourth-order valence-corrected chi connectivity index (χ4v) is 4.04. The van der Waals surface area contributed by atoms with Gasteiger partial charge in [0, 0.05) is 11.9 Å². The highest BCUT2D eigenvalue weighted by atomic mass is 32.2. The Kier molecular flexibility index (Phi) is 3.37. The topological polar surface area (TPSA) is 50.5 Å². The van der Waals surface area contributed by atoms with E-state index in [0.29, 0.717) is 9.97 Å². The average Bonchev–Trinajstić information content (AvgIpc) is 2.89. The summed E-state index contributed by atoms with van der Waals surface area (Å²) >= 11 is 1.28. The van der Waals surface area contributed by atoms with E-state index >= 15 is 0 Å². The van der Waals surface area contributed by atoms with Crippen molar-refractivity contribution in [3.05, 3.63) is 41.2 Å². The molecule has 2 aromatic rings. The smallest absolute Gasteiger partial charge is 0.252 e. The van der Waals surface area contributed by atoms with E-state index in [4.69, 9.17) is 4.42 Å². The zero-order chi connectivity index (χ0) is 12.5. The van der Waals surface area contributed by atoms with Crippen LogP contribution in [0.5, 0.6) is 0 Å². The number of furan rings is 1. The maximum absolute atomic E-state index is 12.2. The number of rotatable bonds is 4. The molecule has 6 heteroatoms. The summed E-state index contributed by atoms with van der Waals surface area (Å²) in [6.45, 7) is 2.13. The molecule has 0 atom stereocenters. The SMILES string of the molecule is Cc1ccc(S(=O)(=O)N(C)Cc2ccco2)s1. The van der Waals surface area contributed by atoms with Crippen LogP contribution in [-0.2, 0) is 16.6 Å². The maximum atomic E-state index is 12.2. The highest BCUT2D eigenvalue weighted by molar-refractivity contribution is 7.91. The van der Waals surface area contributed by atoms with Crippen LogP contribution in [0, 0.1) is 6.92 Å². The molecular weight excluding hydrogens is 258 g/mol. The van der Waals surface area contributed by atoms with Crippen LogP contribution in [0.1, 0.15) is 10.6 Å². The van der Waals surface area contributed by atoms with E-state index in [1.165, 1.54) is 21.9 Å². The number of nitrogens with zero attached hydrogens (tertiary/aromatic N) is 1. The predicted octanol–water partition coefficient (Wildman–Crippen LogP) is 2.47. The van der Waals surface area contributed by atoms with Crippen molar-refractivity contribution >= 4 is 21.4 Å². The van der Waals surface area contributed by atoms with Gasteiger partial charge in [-0.1, -0.05) is 0 Å². The second kappa shape index (κ2) is 4.64. The summed E-state index contributed by atoms with van der Waals surface area (Å²) in [5.74, 6) is 0.629. The van der Waals surface area contributed by atoms with Crippen molar-refractivity contribution < 1.29 is 12.8 Å². The number of hydrogen-bond acceptors (Lipinski definition) is 4. The van der Waals surface area contributed by atoms with Crippen molar-refractivity contribution in [1.29, 1.82) is 0 Å². The Morgan fingerprint density at radius 3 is 2.65 bits per heavy atom. The first-order chi connectivity index (χ1) is 8.00. The van der Waals surface area contributed by atoms with E-state index in [0.717, 1.165) is 4.88 Å². The maximum Gasteiger partial charge on any atom is 0.252 e. The lowest BCUT2D eigenvalue weighted by Crippen LogP contribution is -2.25. The molecule has 0 saturated carbocycles. The molecule has 0 fully saturated rings. The van der Waals surface area contributed by atoms with Gasteiger partial charge in [-0.2, -0.15) is 4.31 Å². The standard InChI is InChI=1S/C11H13NO3S2/c1-9-5-6-11(16-9)17(13,14)12(2)8-10-4-3-7-15-10/h3-7H,8H2,1-2H3. The van der Waals surface area contributed by atoms with E-state index in [9.17, 15) is 8.42 Å². The summed E-state index contributed by atoms with van der Waals surface area (Å²) in [7, 11) is -1.85. The van der Waals surface area contributed by atoms with Gasteiger partial charge in [0.1, 0.15) is 9.97 Å². The largest absolute Gasteiger partial charge is 0.468 e. The fraction of sp³-hybridized carbons (Fsp3) is 0.273. The molecular formula is C11H13NO3S2. The van der Waals surface area contributed by atoms with Gasteiger partial charge < -0.3 is 4.42 Å². The summed E-state index contributed by atoms with van der Waals surface area (Å²) in [6, 6.07) is 6.93. The lowest BCUT2D eigenvalue weighted by Gasteiger charge is -2.14. The first-order valence-electron chi connectivity index (χ1n) is 5.05. The van der Waals surface area contributed by atoms with Crippen LogP contribution in [0.3, 0.4) is 0 Å². The Hall–Kier alpha value is -1.11. The third-order valence-corrected chi connectivity index (χ3v) is 5.61. The third kappa shape index (κ3) is 2.59. The monoisotopic (exact) mass is 271 g/mol. The minimum absolute atomic E-state index is 0.242. The summed E-state index contributed by atoms with van der Waals surface area (Å²) in [5, 5.41) is 0. The summed E-state index contributed by atoms with van der Waals surface area (Å²) in [5.41, 5.74) is 0. The fourth-order valence-electron chi connectivity index (χ4n) is 1.41. The number of aryl methyl sites for hydroxylation is 1. The van der Waals surface area contributed by atoms with Gasteiger partial charge in [0.05, 0.1) is 12.8 Å². The molecule has 0 aliphatic heterocycles. The molecule has 0 unspecified atom stereocenters. The Morgan fingerprint density at radius 2 is 2.12 bits per heavy atom. The molecule has 0 spiro atoms. The second-order valence-electron chi connectivity index (χ2n) is 3.71. The minimum atomic E-state index is -3.40. The zero-order valence-electron chi connectivity index (χ0n) is 9.58. The molecule has 0 aliphatic rings. The molecule has 0 saturated heterocycles. The second-order valence-corrected chi connectivity index (χ2v) is 7.27. The molecule has 2 heterocycles. The number of thiophene rings is 1. The Labute approximate surface area is 105 Å². The molecule has 0 amide bonds. The number of sulfonamides is 1. The van der Waals surface area contributed by atoms with Crippen molar-refractivity contribution in [2.24, 2.45) is 0 Å². The zero-order valence-corrected chi connectivity index (χ0v) is 11.2. The molecule has 17 heavy (non-hydrogen) atoms. The van der Waals surface area contributed by atoms with Crippen LogP contribution in [0.25, 0.3) is 0 Å². The summed E-state index contributed by atoms with van der Waals surface area (Å²) < 4.78 is 31.1. The van der Waals surface area contributed by atoms with Crippen LogP contribution in [-0.4, -0.2) is 19.8 Å². The Bertz CT molecular complexity index is 584. The molecule has 92 valence electrons. The lowest BCUT2D eigenvalue weighted by molar-refractivity contribution is 0.407. The van der Waals surface area contributed by atoms with E-state index in [-0.39, 0.29) is 6.54 Å². The highest BCUT2D eigenvalue weighted by Gasteiger charge is 2.23. The van der Waals surface area contributed by atoms with Gasteiger partial charge in [-0.05, 0) is 31.2 Å². The van der Waals surface area contributed by atoms with Gasteiger partial charge in [-0.25, -0.2) is 8.42 Å². The van der Waals surface area contributed by atoms with Crippen LogP contribution >= 0.6 is 11.3 Å². The highest BCUT2D eigenvalue weighted by Crippen LogP contribution is 2.24. The van der Waals surface area contributed by atoms with Gasteiger partial charge in [-0.3, -0.25) is 0 Å². The van der Waals surface area contributed by atoms with Gasteiger partial charge in [0.2, 0.25) is 0 Å². The molecule has 4 nitrogen and oxygen atoms in total. The van der Waals surface area contributed by atoms with E-state index in [1.807, 2.05) is 6.92 Å². The summed E-state index contributed by atoms with van der Waals surface area (Å²) in [4.78, 5) is 0.981. The minimum Gasteiger partial charge on any atom is -0.468 e.